The van der Waals surface area contributed by atoms with Crippen molar-refractivity contribution < 1.29 is 22.7 Å². The molecule has 2 fully saturated rings. The number of hydrogen-bond donors (Lipinski definition) is 2. The van der Waals surface area contributed by atoms with Crippen LogP contribution in [0.25, 0.3) is 21.3 Å². The van der Waals surface area contributed by atoms with Crippen molar-refractivity contribution >= 4 is 40.3 Å². The Morgan fingerprint density at radius 3 is 2.38 bits per heavy atom. The Morgan fingerprint density at radius 1 is 1.00 bits per heavy atom. The molecular weight excluding hydrogens is 643 g/mol. The number of methoxy groups -OCH3 is 1. The summed E-state index contributed by atoms with van der Waals surface area (Å²) < 4.78 is 44.7. The van der Waals surface area contributed by atoms with Crippen LogP contribution in [-0.2, 0) is 11.0 Å². The first-order valence-corrected chi connectivity index (χ1v) is 16.4. The van der Waals surface area contributed by atoms with Crippen LogP contribution in [-0.4, -0.2) is 95.3 Å². The molecule has 0 saturated carbocycles. The summed E-state index contributed by atoms with van der Waals surface area (Å²) in [5.41, 5.74) is 2.24. The van der Waals surface area contributed by atoms with Gasteiger partial charge in [0.2, 0.25) is 11.9 Å². The molecule has 6 rings (SSSR count). The number of piperidine rings is 1. The molecule has 1 amide bonds. The second-order valence-electron chi connectivity index (χ2n) is 11.7. The zero-order chi connectivity index (χ0) is 33.8. The Bertz CT molecular complexity index is 1750. The highest BCUT2D eigenvalue weighted by atomic mass is 32.1. The molecule has 2 N–H and O–H groups in total. The summed E-state index contributed by atoms with van der Waals surface area (Å²) in [5.74, 6) is 0.453. The monoisotopic (exact) mass is 679 g/mol. The molecule has 0 unspecified atom stereocenters. The highest BCUT2D eigenvalue weighted by Gasteiger charge is 2.31. The van der Waals surface area contributed by atoms with Crippen molar-refractivity contribution in [1.29, 1.82) is 0 Å². The largest absolute Gasteiger partial charge is 0.494 e. The van der Waals surface area contributed by atoms with E-state index in [0.717, 1.165) is 69.9 Å². The minimum Gasteiger partial charge on any atom is -0.494 e. The van der Waals surface area contributed by atoms with Gasteiger partial charge in [0.15, 0.2) is 5.01 Å². The van der Waals surface area contributed by atoms with Gasteiger partial charge in [-0.1, -0.05) is 30.0 Å². The van der Waals surface area contributed by atoms with Gasteiger partial charge in [-0.3, -0.25) is 9.69 Å². The Balaban J connectivity index is 1.21. The second kappa shape index (κ2) is 14.3. The fourth-order valence-electron chi connectivity index (χ4n) is 5.94. The lowest BCUT2D eigenvalue weighted by Crippen LogP contribution is -2.52. The third kappa shape index (κ3) is 7.58. The number of alkyl halides is 3. The van der Waals surface area contributed by atoms with Crippen LogP contribution in [0.1, 0.15) is 18.4 Å². The summed E-state index contributed by atoms with van der Waals surface area (Å²) in [5, 5.41) is 15.5. The molecule has 2 aromatic carbocycles. The molecule has 11 nitrogen and oxygen atoms in total. The maximum atomic E-state index is 13.0. The van der Waals surface area contributed by atoms with E-state index in [2.05, 4.69) is 59.1 Å². The van der Waals surface area contributed by atoms with Gasteiger partial charge in [0, 0.05) is 63.1 Å². The molecule has 2 saturated heterocycles. The van der Waals surface area contributed by atoms with E-state index in [0.29, 0.717) is 44.4 Å². The topological polar surface area (TPSA) is 112 Å². The predicted octanol–water partition coefficient (Wildman–Crippen LogP) is 5.77. The van der Waals surface area contributed by atoms with Gasteiger partial charge in [-0.25, -0.2) is 9.97 Å². The van der Waals surface area contributed by atoms with Gasteiger partial charge in [-0.2, -0.15) is 13.2 Å². The number of likely N-dealkylation sites (N-methyl/N-ethyl adjacent to an activating group) is 1. The molecule has 0 radical (unpaired) electrons. The first-order valence-electron chi connectivity index (χ1n) is 15.6. The number of piperazine rings is 1. The van der Waals surface area contributed by atoms with Crippen molar-refractivity contribution in [3.05, 3.63) is 66.9 Å². The zero-order valence-electron chi connectivity index (χ0n) is 26.6. The van der Waals surface area contributed by atoms with Crippen LogP contribution < -0.4 is 20.3 Å². The van der Waals surface area contributed by atoms with E-state index >= 15 is 0 Å². The van der Waals surface area contributed by atoms with Crippen LogP contribution >= 0.6 is 11.3 Å². The fourth-order valence-corrected chi connectivity index (χ4v) is 6.76. The number of carbonyl (C=O) groups is 1. The Morgan fingerprint density at radius 2 is 1.71 bits per heavy atom. The van der Waals surface area contributed by atoms with E-state index in [4.69, 9.17) is 4.74 Å². The summed E-state index contributed by atoms with van der Waals surface area (Å²) in [4.78, 5) is 28.7. The van der Waals surface area contributed by atoms with E-state index in [1.165, 1.54) is 29.5 Å². The number of hydrogen-bond acceptors (Lipinski definition) is 11. The number of nitrogens with one attached hydrogen (secondary N) is 2. The third-order valence-electron chi connectivity index (χ3n) is 8.63. The molecule has 2 aliphatic rings. The normalized spacial score (nSPS) is 16.5. The first kappa shape index (κ1) is 33.3. The average molecular weight is 680 g/mol. The fraction of sp³-hybridized carbons (Fsp3) is 0.364. The zero-order valence-corrected chi connectivity index (χ0v) is 27.4. The van der Waals surface area contributed by atoms with Gasteiger partial charge >= 0.3 is 6.18 Å². The minimum atomic E-state index is -4.42. The smallest absolute Gasteiger partial charge is 0.416 e. The Labute approximate surface area is 280 Å². The lowest BCUT2D eigenvalue weighted by molar-refractivity contribution is -0.137. The van der Waals surface area contributed by atoms with Crippen molar-refractivity contribution in [2.24, 2.45) is 0 Å². The van der Waals surface area contributed by atoms with Crippen LogP contribution in [0.5, 0.6) is 5.75 Å². The number of halogens is 3. The molecule has 0 spiro atoms. The molecule has 48 heavy (non-hydrogen) atoms. The van der Waals surface area contributed by atoms with Crippen LogP contribution in [0.3, 0.4) is 0 Å². The minimum absolute atomic E-state index is 0.249. The van der Waals surface area contributed by atoms with Gasteiger partial charge in [-0.15, -0.1) is 10.2 Å². The molecule has 0 atom stereocenters. The van der Waals surface area contributed by atoms with Gasteiger partial charge in [0.05, 0.1) is 29.7 Å². The van der Waals surface area contributed by atoms with Gasteiger partial charge in [0.1, 0.15) is 16.5 Å². The molecule has 4 aromatic rings. The second-order valence-corrected chi connectivity index (χ2v) is 12.7. The lowest BCUT2D eigenvalue weighted by atomic mass is 10.0. The van der Waals surface area contributed by atoms with Crippen LogP contribution in [0, 0.1) is 0 Å². The number of rotatable bonds is 9. The molecule has 2 aromatic heterocycles. The highest BCUT2D eigenvalue weighted by molar-refractivity contribution is 7.17. The maximum Gasteiger partial charge on any atom is 0.416 e. The number of benzene rings is 2. The third-order valence-corrected chi connectivity index (χ3v) is 9.62. The Hall–Kier alpha value is -4.60. The average Bonchev–Trinajstić information content (AvgIpc) is 3.59. The van der Waals surface area contributed by atoms with Gasteiger partial charge in [0.25, 0.3) is 0 Å². The van der Waals surface area contributed by atoms with E-state index in [9.17, 15) is 18.0 Å². The summed E-state index contributed by atoms with van der Waals surface area (Å²) in [6.07, 6.45) is 0.420. The van der Waals surface area contributed by atoms with Crippen LogP contribution in [0.4, 0.5) is 36.2 Å². The molecular formula is C33H36F3N9O2S. The van der Waals surface area contributed by atoms with Gasteiger partial charge in [-0.05, 0) is 50.2 Å². The molecule has 0 aliphatic carbocycles. The van der Waals surface area contributed by atoms with Crippen LogP contribution in [0.2, 0.25) is 0 Å². The van der Waals surface area contributed by atoms with E-state index in [1.807, 2.05) is 6.07 Å². The number of nitrogens with zero attached hydrogens (tertiary/aromatic N) is 7. The van der Waals surface area contributed by atoms with Crippen molar-refractivity contribution in [2.45, 2.75) is 25.1 Å². The molecule has 15 heteroatoms. The molecule has 252 valence electrons. The van der Waals surface area contributed by atoms with Crippen molar-refractivity contribution in [1.82, 2.24) is 30.0 Å². The quantitative estimate of drug-likeness (QED) is 0.212. The summed E-state index contributed by atoms with van der Waals surface area (Å²) >= 11 is 1.20. The first-order chi connectivity index (χ1) is 23.1. The Kier molecular flexibility index (Phi) is 9.89. The number of ether oxygens (including phenoxy) is 1. The number of anilines is 4. The highest BCUT2D eigenvalue weighted by Crippen LogP contribution is 2.40. The number of aromatic nitrogens is 4. The predicted molar refractivity (Wildman–Crippen MR) is 181 cm³/mol. The molecule has 2 aliphatic heterocycles. The molecule has 4 heterocycles. The maximum absolute atomic E-state index is 13.0. The van der Waals surface area contributed by atoms with Gasteiger partial charge < -0.3 is 25.2 Å². The lowest BCUT2D eigenvalue weighted by Gasteiger charge is -2.43. The van der Waals surface area contributed by atoms with E-state index in [1.54, 1.807) is 25.4 Å². The summed E-state index contributed by atoms with van der Waals surface area (Å²) in [6, 6.07) is 10.7. The number of carbonyl (C=O) groups excluding carboxylic acids is 1. The van der Waals surface area contributed by atoms with Crippen molar-refractivity contribution in [2.75, 3.05) is 69.0 Å². The van der Waals surface area contributed by atoms with Crippen molar-refractivity contribution in [3.8, 4) is 27.0 Å². The summed E-state index contributed by atoms with van der Waals surface area (Å²) in [7, 11) is 3.74. The molecule has 0 bridgehead atoms. The van der Waals surface area contributed by atoms with E-state index < -0.39 is 11.7 Å². The summed E-state index contributed by atoms with van der Waals surface area (Å²) in [6.45, 7) is 9.62. The standard InChI is InChI=1S/C33H36F3N9O2S/c1-4-29(46)38-25-19-26(28(47-3)20-27(25)45-13-10-23(11-14-45)44-17-15-43(2)16-18-44)40-32-37-12-9-24(39-32)31-42-41-30(48-31)21-5-7-22(8-6-21)33(34,35)36/h4-9,12,19-20,23H,1,10-11,13-18H2,2-3H3,(H,38,46)(H,37,39,40). The van der Waals surface area contributed by atoms with Crippen LogP contribution in [0.15, 0.2) is 61.3 Å². The number of amides is 1. The SMILES string of the molecule is C=CC(=O)Nc1cc(Nc2nccc(-c3nnc(-c4ccc(C(F)(F)F)cc4)s3)n2)c(OC)cc1N1CCC(N2CCN(C)CC2)CC1. The van der Waals surface area contributed by atoms with Crippen molar-refractivity contribution in [3.63, 3.8) is 0 Å². The van der Waals surface area contributed by atoms with E-state index in [-0.39, 0.29) is 11.9 Å².